The van der Waals surface area contributed by atoms with Crippen molar-refractivity contribution in [3.05, 3.63) is 70.0 Å². The Morgan fingerprint density at radius 3 is 2.81 bits per heavy atom. The molecule has 132 valence electrons. The molecule has 0 atom stereocenters. The number of fused-ring (bicyclic) bond motifs is 2. The third kappa shape index (κ3) is 2.98. The number of benzene rings is 2. The molecule has 1 aromatic heterocycles. The Morgan fingerprint density at radius 2 is 1.96 bits per heavy atom. The van der Waals surface area contributed by atoms with Crippen molar-refractivity contribution >= 4 is 16.9 Å². The second-order valence-corrected chi connectivity index (χ2v) is 6.35. The molecular weight excluding hydrogens is 335 g/mol. The number of rotatable bonds is 2. The standard InChI is InChI=1S/C20H17FN2O3/c21-15-6-3-4-7-17(15)26-20(25)13-9-10-14-16(12-13)22-18-8-2-1-5-11-23(18)19(14)24/h3-4,6-7,9-10,12H,1-2,5,8,11H2. The summed E-state index contributed by atoms with van der Waals surface area (Å²) in [5.41, 5.74) is 0.610. The van der Waals surface area contributed by atoms with Crippen LogP contribution in [0.5, 0.6) is 5.75 Å². The lowest BCUT2D eigenvalue weighted by Crippen LogP contribution is -2.24. The van der Waals surface area contributed by atoms with Crippen LogP contribution in [0.15, 0.2) is 47.3 Å². The predicted molar refractivity (Wildman–Crippen MR) is 94.9 cm³/mol. The van der Waals surface area contributed by atoms with Crippen molar-refractivity contribution in [2.75, 3.05) is 0 Å². The van der Waals surface area contributed by atoms with E-state index >= 15 is 0 Å². The van der Waals surface area contributed by atoms with E-state index in [1.54, 1.807) is 16.7 Å². The number of hydrogen-bond acceptors (Lipinski definition) is 4. The average molecular weight is 352 g/mol. The van der Waals surface area contributed by atoms with Gasteiger partial charge in [-0.2, -0.15) is 0 Å². The fraction of sp³-hybridized carbons (Fsp3) is 0.250. The molecular formula is C20H17FN2O3. The lowest BCUT2D eigenvalue weighted by Gasteiger charge is -2.11. The number of aryl methyl sites for hydroxylation is 1. The molecule has 3 aromatic rings. The van der Waals surface area contributed by atoms with Crippen LogP contribution < -0.4 is 10.3 Å². The van der Waals surface area contributed by atoms with Crippen molar-refractivity contribution in [3.8, 4) is 5.75 Å². The molecule has 1 aliphatic rings. The third-order valence-corrected chi connectivity index (χ3v) is 4.59. The van der Waals surface area contributed by atoms with Gasteiger partial charge in [0, 0.05) is 13.0 Å². The highest BCUT2D eigenvalue weighted by Crippen LogP contribution is 2.20. The molecule has 0 aliphatic carbocycles. The molecule has 0 unspecified atom stereocenters. The molecule has 0 bridgehead atoms. The second-order valence-electron chi connectivity index (χ2n) is 6.35. The van der Waals surface area contributed by atoms with E-state index in [1.807, 2.05) is 0 Å². The highest BCUT2D eigenvalue weighted by molar-refractivity contribution is 5.95. The largest absolute Gasteiger partial charge is 0.420 e. The molecule has 0 fully saturated rings. The predicted octanol–water partition coefficient (Wildman–Crippen LogP) is 3.48. The average Bonchev–Trinajstić information content (AvgIpc) is 2.89. The molecule has 0 amide bonds. The Labute approximate surface area is 149 Å². The quantitative estimate of drug-likeness (QED) is 0.523. The Hall–Kier alpha value is -3.02. The summed E-state index contributed by atoms with van der Waals surface area (Å²) in [6, 6.07) is 10.3. The Kier molecular flexibility index (Phi) is 4.24. The lowest BCUT2D eigenvalue weighted by molar-refractivity contribution is 0.0728. The number of hydrogen-bond donors (Lipinski definition) is 0. The first-order valence-corrected chi connectivity index (χ1v) is 8.64. The van der Waals surface area contributed by atoms with Crippen LogP contribution in [0.2, 0.25) is 0 Å². The van der Waals surface area contributed by atoms with Crippen LogP contribution in [0.25, 0.3) is 10.9 Å². The maximum Gasteiger partial charge on any atom is 0.343 e. The van der Waals surface area contributed by atoms with Crippen molar-refractivity contribution in [3.63, 3.8) is 0 Å². The first-order chi connectivity index (χ1) is 12.6. The molecule has 0 saturated carbocycles. The van der Waals surface area contributed by atoms with E-state index in [0.717, 1.165) is 31.5 Å². The van der Waals surface area contributed by atoms with Crippen LogP contribution >= 0.6 is 0 Å². The van der Waals surface area contributed by atoms with Gasteiger partial charge in [-0.1, -0.05) is 18.6 Å². The number of aromatic nitrogens is 2. The molecule has 26 heavy (non-hydrogen) atoms. The molecule has 1 aliphatic heterocycles. The van der Waals surface area contributed by atoms with Crippen molar-refractivity contribution in [2.45, 2.75) is 32.2 Å². The minimum absolute atomic E-state index is 0.0825. The summed E-state index contributed by atoms with van der Waals surface area (Å²) in [6.07, 6.45) is 3.77. The summed E-state index contributed by atoms with van der Waals surface area (Å²) in [7, 11) is 0. The van der Waals surface area contributed by atoms with Crippen LogP contribution in [0.1, 0.15) is 35.4 Å². The Morgan fingerprint density at radius 1 is 1.12 bits per heavy atom. The molecule has 2 heterocycles. The first kappa shape index (κ1) is 16.4. The van der Waals surface area contributed by atoms with E-state index < -0.39 is 11.8 Å². The highest BCUT2D eigenvalue weighted by atomic mass is 19.1. The zero-order chi connectivity index (χ0) is 18.1. The topological polar surface area (TPSA) is 61.2 Å². The molecule has 0 spiro atoms. The smallest absolute Gasteiger partial charge is 0.343 e. The zero-order valence-electron chi connectivity index (χ0n) is 14.1. The summed E-state index contributed by atoms with van der Waals surface area (Å²) in [6.45, 7) is 0.675. The van der Waals surface area contributed by atoms with E-state index in [4.69, 9.17) is 4.74 Å². The van der Waals surface area contributed by atoms with E-state index in [0.29, 0.717) is 17.4 Å². The van der Waals surface area contributed by atoms with Crippen molar-refractivity contribution in [1.29, 1.82) is 0 Å². The minimum atomic E-state index is -0.686. The fourth-order valence-electron chi connectivity index (χ4n) is 3.23. The molecule has 6 heteroatoms. The third-order valence-electron chi connectivity index (χ3n) is 4.59. The van der Waals surface area contributed by atoms with Gasteiger partial charge < -0.3 is 4.74 Å². The number of nitrogens with zero attached hydrogens (tertiary/aromatic N) is 2. The first-order valence-electron chi connectivity index (χ1n) is 8.64. The summed E-state index contributed by atoms with van der Waals surface area (Å²) >= 11 is 0. The summed E-state index contributed by atoms with van der Waals surface area (Å²) in [5.74, 6) is -0.677. The number of halogens is 1. The van der Waals surface area contributed by atoms with Crippen LogP contribution in [0.4, 0.5) is 4.39 Å². The van der Waals surface area contributed by atoms with Crippen LogP contribution in [0, 0.1) is 5.82 Å². The van der Waals surface area contributed by atoms with Gasteiger partial charge in [0.05, 0.1) is 16.5 Å². The number of carbonyl (C=O) groups is 1. The summed E-state index contributed by atoms with van der Waals surface area (Å²) in [5, 5.41) is 0.470. The SMILES string of the molecule is O=C(Oc1ccccc1F)c1ccc2c(=O)n3c(nc2c1)CCCCC3. The summed E-state index contributed by atoms with van der Waals surface area (Å²) < 4.78 is 20.5. The minimum Gasteiger partial charge on any atom is -0.420 e. The lowest BCUT2D eigenvalue weighted by atomic mass is 10.1. The van der Waals surface area contributed by atoms with Gasteiger partial charge in [-0.05, 0) is 43.2 Å². The van der Waals surface area contributed by atoms with Crippen molar-refractivity contribution < 1.29 is 13.9 Å². The van der Waals surface area contributed by atoms with E-state index in [-0.39, 0.29) is 16.9 Å². The van der Waals surface area contributed by atoms with Crippen LogP contribution in [-0.4, -0.2) is 15.5 Å². The van der Waals surface area contributed by atoms with Gasteiger partial charge in [-0.3, -0.25) is 9.36 Å². The van der Waals surface area contributed by atoms with Gasteiger partial charge in [0.2, 0.25) is 0 Å². The highest BCUT2D eigenvalue weighted by Gasteiger charge is 2.17. The zero-order valence-corrected chi connectivity index (χ0v) is 14.1. The Balaban J connectivity index is 1.72. The normalized spacial score (nSPS) is 13.9. The van der Waals surface area contributed by atoms with E-state index in [9.17, 15) is 14.0 Å². The monoisotopic (exact) mass is 352 g/mol. The second kappa shape index (κ2) is 6.71. The number of carbonyl (C=O) groups excluding carboxylic acids is 1. The van der Waals surface area contributed by atoms with Gasteiger partial charge in [-0.15, -0.1) is 0 Å². The van der Waals surface area contributed by atoms with Gasteiger partial charge in [0.1, 0.15) is 5.82 Å². The van der Waals surface area contributed by atoms with Crippen molar-refractivity contribution in [2.24, 2.45) is 0 Å². The number of ether oxygens (including phenoxy) is 1. The molecule has 0 saturated heterocycles. The van der Waals surface area contributed by atoms with Gasteiger partial charge in [0.25, 0.3) is 5.56 Å². The molecule has 0 N–H and O–H groups in total. The van der Waals surface area contributed by atoms with Crippen LogP contribution in [-0.2, 0) is 13.0 Å². The van der Waals surface area contributed by atoms with Gasteiger partial charge >= 0.3 is 5.97 Å². The summed E-state index contributed by atoms with van der Waals surface area (Å²) in [4.78, 5) is 29.6. The molecule has 0 radical (unpaired) electrons. The van der Waals surface area contributed by atoms with Gasteiger partial charge in [-0.25, -0.2) is 14.2 Å². The molecule has 5 nitrogen and oxygen atoms in total. The van der Waals surface area contributed by atoms with E-state index in [1.165, 1.54) is 30.3 Å². The van der Waals surface area contributed by atoms with Gasteiger partial charge in [0.15, 0.2) is 11.6 Å². The number of esters is 1. The molecule has 2 aromatic carbocycles. The molecule has 4 rings (SSSR count). The fourth-order valence-corrected chi connectivity index (χ4v) is 3.23. The maximum absolute atomic E-state index is 13.7. The Bertz CT molecular complexity index is 1060. The van der Waals surface area contributed by atoms with Crippen LogP contribution in [0.3, 0.4) is 0 Å². The number of para-hydroxylation sites is 1. The van der Waals surface area contributed by atoms with E-state index in [2.05, 4.69) is 4.98 Å². The maximum atomic E-state index is 13.7. The van der Waals surface area contributed by atoms with Crippen molar-refractivity contribution in [1.82, 2.24) is 9.55 Å².